The van der Waals surface area contributed by atoms with Gasteiger partial charge in [-0.3, -0.25) is 10.8 Å². The fraction of sp³-hybridized carbons (Fsp3) is 0.250. The van der Waals surface area contributed by atoms with Gasteiger partial charge in [-0.2, -0.15) is 0 Å². The Morgan fingerprint density at radius 3 is 2.27 bits per heavy atom. The lowest BCUT2D eigenvalue weighted by molar-refractivity contribution is 0.266. The van der Waals surface area contributed by atoms with E-state index in [0.717, 1.165) is 34.7 Å². The number of unbranched alkanes of at least 4 members (excludes halogenated alkanes) is 1. The summed E-state index contributed by atoms with van der Waals surface area (Å²) in [6, 6.07) is 17.5. The predicted octanol–water partition coefficient (Wildman–Crippen LogP) is 4.68. The van der Waals surface area contributed by atoms with Crippen molar-refractivity contribution in [2.24, 2.45) is 0 Å². The third-order valence-corrected chi connectivity index (χ3v) is 5.37. The summed E-state index contributed by atoms with van der Waals surface area (Å²) in [7, 11) is 3.21. The topological polar surface area (TPSA) is 78.6 Å². The number of rotatable bonds is 8. The summed E-state index contributed by atoms with van der Waals surface area (Å²) >= 11 is 0. The largest absolute Gasteiger partial charge is 0.493 e. The van der Waals surface area contributed by atoms with Gasteiger partial charge in [0.1, 0.15) is 11.7 Å². The van der Waals surface area contributed by atoms with Crippen molar-refractivity contribution in [3.05, 3.63) is 65.7 Å². The Labute approximate surface area is 176 Å². The van der Waals surface area contributed by atoms with Crippen LogP contribution in [0.5, 0.6) is 17.2 Å². The molecule has 1 aliphatic rings. The number of nitrogens with one attached hydrogen (secondary N) is 2. The maximum Gasteiger partial charge on any atom is 0.203 e. The molecule has 0 saturated heterocycles. The van der Waals surface area contributed by atoms with Crippen molar-refractivity contribution < 1.29 is 14.2 Å². The standard InChI is InChI=1S/C24H25N3O3/c1-28-19-10-7-11-20(29-2)22(19)30-15-6-5-14-27-23(25)18-13-12-16-8-3-4-9-17(16)21(18)24(27)26/h3-4,7-13,25-26H,5-6,14-15H2,1-2H3. The molecular formula is C24H25N3O3. The Morgan fingerprint density at radius 1 is 0.800 bits per heavy atom. The molecule has 0 amide bonds. The number of amidine groups is 2. The van der Waals surface area contributed by atoms with E-state index < -0.39 is 0 Å². The molecule has 1 aliphatic heterocycles. The minimum Gasteiger partial charge on any atom is -0.493 e. The lowest BCUT2D eigenvalue weighted by atomic mass is 10.0. The molecule has 3 aromatic carbocycles. The number of benzene rings is 3. The lowest BCUT2D eigenvalue weighted by Crippen LogP contribution is -2.31. The highest BCUT2D eigenvalue weighted by atomic mass is 16.5. The maximum atomic E-state index is 8.64. The number of para-hydroxylation sites is 1. The van der Waals surface area contributed by atoms with Gasteiger partial charge in [0, 0.05) is 17.7 Å². The number of hydrogen-bond donors (Lipinski definition) is 2. The molecule has 0 radical (unpaired) electrons. The smallest absolute Gasteiger partial charge is 0.203 e. The highest BCUT2D eigenvalue weighted by Gasteiger charge is 2.30. The maximum absolute atomic E-state index is 8.64. The number of methoxy groups -OCH3 is 2. The second-order valence-electron chi connectivity index (χ2n) is 7.11. The number of hydrogen-bond acceptors (Lipinski definition) is 5. The molecule has 0 fully saturated rings. The molecule has 1 heterocycles. The number of ether oxygens (including phenoxy) is 3. The van der Waals surface area contributed by atoms with Gasteiger partial charge in [0.05, 0.1) is 20.8 Å². The van der Waals surface area contributed by atoms with Crippen LogP contribution in [0.3, 0.4) is 0 Å². The highest BCUT2D eigenvalue weighted by Crippen LogP contribution is 2.37. The minimum absolute atomic E-state index is 0.396. The van der Waals surface area contributed by atoms with E-state index in [4.69, 9.17) is 25.0 Å². The average Bonchev–Trinajstić information content (AvgIpc) is 3.03. The van der Waals surface area contributed by atoms with Gasteiger partial charge in [-0.1, -0.05) is 36.4 Å². The molecule has 30 heavy (non-hydrogen) atoms. The molecule has 0 atom stereocenters. The zero-order valence-corrected chi connectivity index (χ0v) is 17.2. The minimum atomic E-state index is 0.396. The Hall–Kier alpha value is -3.54. The summed E-state index contributed by atoms with van der Waals surface area (Å²) in [5, 5.41) is 19.3. The summed E-state index contributed by atoms with van der Waals surface area (Å²) in [5.41, 5.74) is 1.68. The van der Waals surface area contributed by atoms with Crippen LogP contribution in [0, 0.1) is 10.8 Å². The van der Waals surface area contributed by atoms with Crippen LogP contribution >= 0.6 is 0 Å². The van der Waals surface area contributed by atoms with Crippen molar-refractivity contribution in [1.82, 2.24) is 4.90 Å². The Kier molecular flexibility index (Phi) is 5.57. The molecular weight excluding hydrogens is 378 g/mol. The van der Waals surface area contributed by atoms with Crippen LogP contribution in [0.15, 0.2) is 54.6 Å². The summed E-state index contributed by atoms with van der Waals surface area (Å²) in [6.07, 6.45) is 1.59. The van der Waals surface area contributed by atoms with Gasteiger partial charge in [0.25, 0.3) is 0 Å². The van der Waals surface area contributed by atoms with Gasteiger partial charge in [-0.05, 0) is 41.8 Å². The third-order valence-electron chi connectivity index (χ3n) is 5.37. The first-order chi connectivity index (χ1) is 14.7. The number of fused-ring (bicyclic) bond motifs is 3. The molecule has 154 valence electrons. The fourth-order valence-electron chi connectivity index (χ4n) is 3.85. The summed E-state index contributed by atoms with van der Waals surface area (Å²) in [6.45, 7) is 1.11. The quantitative estimate of drug-likeness (QED) is 0.535. The van der Waals surface area contributed by atoms with Crippen LogP contribution in [-0.2, 0) is 0 Å². The van der Waals surface area contributed by atoms with E-state index in [2.05, 4.69) is 0 Å². The molecule has 0 aliphatic carbocycles. The first-order valence-corrected chi connectivity index (χ1v) is 9.96. The van der Waals surface area contributed by atoms with E-state index in [1.807, 2.05) is 54.6 Å². The highest BCUT2D eigenvalue weighted by molar-refractivity contribution is 6.28. The third kappa shape index (κ3) is 3.45. The first kappa shape index (κ1) is 19.8. The van der Waals surface area contributed by atoms with E-state index in [1.54, 1.807) is 19.1 Å². The second-order valence-corrected chi connectivity index (χ2v) is 7.11. The molecule has 3 aromatic rings. The molecule has 0 aromatic heterocycles. The first-order valence-electron chi connectivity index (χ1n) is 9.96. The second kappa shape index (κ2) is 8.45. The van der Waals surface area contributed by atoms with E-state index in [-0.39, 0.29) is 0 Å². The zero-order chi connectivity index (χ0) is 21.1. The van der Waals surface area contributed by atoms with Crippen LogP contribution in [0.2, 0.25) is 0 Å². The van der Waals surface area contributed by atoms with Crippen LogP contribution in [-0.4, -0.2) is 43.9 Å². The van der Waals surface area contributed by atoms with Crippen molar-refractivity contribution in [3.63, 3.8) is 0 Å². The van der Waals surface area contributed by atoms with Crippen LogP contribution in [0.25, 0.3) is 10.8 Å². The van der Waals surface area contributed by atoms with Gasteiger partial charge in [-0.25, -0.2) is 0 Å². The van der Waals surface area contributed by atoms with Crippen LogP contribution in [0.1, 0.15) is 24.0 Å². The van der Waals surface area contributed by atoms with E-state index in [1.165, 1.54) is 0 Å². The molecule has 0 bridgehead atoms. The summed E-state index contributed by atoms with van der Waals surface area (Å²) in [5.74, 6) is 2.68. The van der Waals surface area contributed by atoms with Gasteiger partial charge >= 0.3 is 0 Å². The van der Waals surface area contributed by atoms with Crippen molar-refractivity contribution in [2.45, 2.75) is 12.8 Å². The van der Waals surface area contributed by atoms with E-state index in [9.17, 15) is 0 Å². The summed E-state index contributed by atoms with van der Waals surface area (Å²) in [4.78, 5) is 1.78. The molecule has 6 heteroatoms. The van der Waals surface area contributed by atoms with Crippen molar-refractivity contribution >= 4 is 22.4 Å². The van der Waals surface area contributed by atoms with Crippen LogP contribution in [0.4, 0.5) is 0 Å². The van der Waals surface area contributed by atoms with Crippen molar-refractivity contribution in [2.75, 3.05) is 27.4 Å². The average molecular weight is 403 g/mol. The molecule has 4 rings (SSSR count). The van der Waals surface area contributed by atoms with E-state index >= 15 is 0 Å². The van der Waals surface area contributed by atoms with Gasteiger partial charge in [-0.15, -0.1) is 0 Å². The van der Waals surface area contributed by atoms with Gasteiger partial charge < -0.3 is 19.1 Å². The predicted molar refractivity (Wildman–Crippen MR) is 119 cm³/mol. The van der Waals surface area contributed by atoms with Crippen LogP contribution < -0.4 is 14.2 Å². The lowest BCUT2D eigenvalue weighted by Gasteiger charge is -2.18. The monoisotopic (exact) mass is 403 g/mol. The Balaban J connectivity index is 1.38. The molecule has 0 unspecified atom stereocenters. The van der Waals surface area contributed by atoms with Crippen molar-refractivity contribution in [3.8, 4) is 17.2 Å². The molecule has 6 nitrogen and oxygen atoms in total. The van der Waals surface area contributed by atoms with Crippen molar-refractivity contribution in [1.29, 1.82) is 10.8 Å². The summed E-state index contributed by atoms with van der Waals surface area (Å²) < 4.78 is 16.6. The SMILES string of the molecule is COc1cccc(OC)c1OCCCCN1C(=N)c2ccc3ccccc3c2C1=N. The van der Waals surface area contributed by atoms with E-state index in [0.29, 0.717) is 42.1 Å². The number of nitrogens with zero attached hydrogens (tertiary/aromatic N) is 1. The Bertz CT molecular complexity index is 1090. The fourth-order valence-corrected chi connectivity index (χ4v) is 3.85. The molecule has 0 spiro atoms. The zero-order valence-electron chi connectivity index (χ0n) is 17.2. The Morgan fingerprint density at radius 2 is 1.53 bits per heavy atom. The molecule has 0 saturated carbocycles. The normalized spacial score (nSPS) is 12.9. The van der Waals surface area contributed by atoms with Gasteiger partial charge in [0.2, 0.25) is 5.75 Å². The van der Waals surface area contributed by atoms with Gasteiger partial charge in [0.15, 0.2) is 11.5 Å². The molecule has 2 N–H and O–H groups in total.